The highest BCUT2D eigenvalue weighted by atomic mass is 16.5. The molecule has 2 heterocycles. The summed E-state index contributed by atoms with van der Waals surface area (Å²) >= 11 is 0. The molecule has 0 saturated heterocycles. The highest BCUT2D eigenvalue weighted by molar-refractivity contribution is 5.80. The topological polar surface area (TPSA) is 78.4 Å². The number of nitrogens with zero attached hydrogens (tertiary/aromatic N) is 2. The Morgan fingerprint density at radius 2 is 1.58 bits per heavy atom. The smallest absolute Gasteiger partial charge is 0.349 e. The van der Waals surface area contributed by atoms with Crippen molar-refractivity contribution in [3.8, 4) is 28.7 Å². The van der Waals surface area contributed by atoms with Crippen molar-refractivity contribution in [2.24, 2.45) is 0 Å². The second kappa shape index (κ2) is 5.66. The van der Waals surface area contributed by atoms with Crippen molar-refractivity contribution >= 4 is 11.0 Å². The molecule has 0 radical (unpaired) electrons. The monoisotopic (exact) mass is 320 g/mol. The molecule has 0 aliphatic heterocycles. The van der Waals surface area contributed by atoms with E-state index < -0.39 is 5.63 Å². The zero-order valence-corrected chi connectivity index (χ0v) is 12.7. The average Bonchev–Trinajstić information content (AvgIpc) is 3.10. The van der Waals surface area contributed by atoms with Gasteiger partial charge in [-0.15, -0.1) is 10.2 Å². The van der Waals surface area contributed by atoms with Crippen LogP contribution in [-0.4, -0.2) is 17.3 Å². The fraction of sp³-hybridized carbons (Fsp3) is 0.0556. The fourth-order valence-corrected chi connectivity index (χ4v) is 2.47. The van der Waals surface area contributed by atoms with Crippen LogP contribution in [0.2, 0.25) is 0 Å². The predicted octanol–water partition coefficient (Wildman–Crippen LogP) is 3.52. The van der Waals surface area contributed by atoms with E-state index in [2.05, 4.69) is 10.2 Å². The molecule has 0 atom stereocenters. The lowest BCUT2D eigenvalue weighted by atomic mass is 10.2. The maximum Gasteiger partial charge on any atom is 0.349 e. The Hall–Kier alpha value is -3.41. The summed E-state index contributed by atoms with van der Waals surface area (Å²) in [6, 6.07) is 16.2. The van der Waals surface area contributed by atoms with Crippen LogP contribution in [-0.2, 0) is 0 Å². The average molecular weight is 320 g/mol. The third-order valence-corrected chi connectivity index (χ3v) is 3.63. The highest BCUT2D eigenvalue weighted by Gasteiger charge is 2.17. The number of rotatable bonds is 3. The van der Waals surface area contributed by atoms with E-state index in [1.165, 1.54) is 0 Å². The van der Waals surface area contributed by atoms with Crippen LogP contribution in [0.3, 0.4) is 0 Å². The van der Waals surface area contributed by atoms with Gasteiger partial charge in [0.1, 0.15) is 16.9 Å². The molecular weight excluding hydrogens is 308 g/mol. The van der Waals surface area contributed by atoms with E-state index in [1.807, 2.05) is 24.3 Å². The lowest BCUT2D eigenvalue weighted by Crippen LogP contribution is -2.02. The Kier molecular flexibility index (Phi) is 3.35. The number of fused-ring (bicyclic) bond motifs is 1. The summed E-state index contributed by atoms with van der Waals surface area (Å²) in [5, 5.41) is 8.77. The molecule has 118 valence electrons. The standard InChI is InChI=1S/C18H12N2O4/c1-22-15-9-5-3-7-12(15)16-19-20-17(24-16)13-10-11-6-2-4-8-14(11)23-18(13)21/h2-10H,1H3. The largest absolute Gasteiger partial charge is 0.496 e. The molecule has 0 aliphatic rings. The predicted molar refractivity (Wildman–Crippen MR) is 87.8 cm³/mol. The fourth-order valence-electron chi connectivity index (χ4n) is 2.47. The maximum absolute atomic E-state index is 12.2. The van der Waals surface area contributed by atoms with E-state index in [0.29, 0.717) is 16.9 Å². The first-order valence-electron chi connectivity index (χ1n) is 7.26. The summed E-state index contributed by atoms with van der Waals surface area (Å²) in [7, 11) is 1.56. The van der Waals surface area contributed by atoms with Gasteiger partial charge in [-0.1, -0.05) is 30.3 Å². The van der Waals surface area contributed by atoms with Crippen LogP contribution < -0.4 is 10.4 Å². The maximum atomic E-state index is 12.2. The summed E-state index contributed by atoms with van der Waals surface area (Å²) in [6.07, 6.45) is 0. The number of hydrogen-bond acceptors (Lipinski definition) is 6. The van der Waals surface area contributed by atoms with E-state index in [0.717, 1.165) is 5.39 Å². The van der Waals surface area contributed by atoms with Crippen molar-refractivity contribution in [1.82, 2.24) is 10.2 Å². The van der Waals surface area contributed by atoms with Crippen molar-refractivity contribution in [3.63, 3.8) is 0 Å². The molecule has 6 nitrogen and oxygen atoms in total. The van der Waals surface area contributed by atoms with E-state index in [4.69, 9.17) is 13.6 Å². The van der Waals surface area contributed by atoms with Gasteiger partial charge in [0.25, 0.3) is 11.8 Å². The quantitative estimate of drug-likeness (QED) is 0.537. The summed E-state index contributed by atoms with van der Waals surface area (Å²) < 4.78 is 16.3. The molecule has 0 amide bonds. The van der Waals surface area contributed by atoms with Gasteiger partial charge >= 0.3 is 5.63 Å². The molecule has 24 heavy (non-hydrogen) atoms. The number of hydrogen-bond donors (Lipinski definition) is 0. The highest BCUT2D eigenvalue weighted by Crippen LogP contribution is 2.30. The zero-order valence-electron chi connectivity index (χ0n) is 12.7. The van der Waals surface area contributed by atoms with Crippen LogP contribution in [0.1, 0.15) is 0 Å². The molecule has 0 spiro atoms. The van der Waals surface area contributed by atoms with Crippen molar-refractivity contribution in [3.05, 3.63) is 65.0 Å². The Bertz CT molecular complexity index is 1080. The first-order valence-corrected chi connectivity index (χ1v) is 7.26. The number of para-hydroxylation sites is 2. The minimum Gasteiger partial charge on any atom is -0.496 e. The zero-order chi connectivity index (χ0) is 16.5. The minimum atomic E-state index is -0.524. The van der Waals surface area contributed by atoms with Crippen molar-refractivity contribution in [1.29, 1.82) is 0 Å². The Balaban J connectivity index is 1.83. The van der Waals surface area contributed by atoms with E-state index in [-0.39, 0.29) is 17.3 Å². The molecule has 0 fully saturated rings. The van der Waals surface area contributed by atoms with Crippen LogP contribution in [0, 0.1) is 0 Å². The molecule has 0 aliphatic carbocycles. The van der Waals surface area contributed by atoms with Gasteiger partial charge in [-0.3, -0.25) is 0 Å². The van der Waals surface area contributed by atoms with Crippen molar-refractivity contribution in [2.45, 2.75) is 0 Å². The molecule has 0 saturated carbocycles. The Morgan fingerprint density at radius 3 is 2.42 bits per heavy atom. The third kappa shape index (κ3) is 2.34. The summed E-state index contributed by atoms with van der Waals surface area (Å²) in [6.45, 7) is 0. The van der Waals surface area contributed by atoms with Crippen LogP contribution in [0.25, 0.3) is 33.9 Å². The lowest BCUT2D eigenvalue weighted by molar-refractivity contribution is 0.414. The second-order valence-electron chi connectivity index (χ2n) is 5.10. The number of methoxy groups -OCH3 is 1. The van der Waals surface area contributed by atoms with E-state index in [1.54, 1.807) is 37.4 Å². The molecule has 4 aromatic rings. The first-order chi connectivity index (χ1) is 11.8. The van der Waals surface area contributed by atoms with Crippen LogP contribution in [0.5, 0.6) is 5.75 Å². The van der Waals surface area contributed by atoms with Crippen LogP contribution in [0.15, 0.2) is 68.2 Å². The molecule has 0 N–H and O–H groups in total. The molecule has 4 rings (SSSR count). The van der Waals surface area contributed by atoms with Crippen molar-refractivity contribution in [2.75, 3.05) is 7.11 Å². The van der Waals surface area contributed by atoms with E-state index >= 15 is 0 Å². The Labute approximate surface area is 136 Å². The second-order valence-corrected chi connectivity index (χ2v) is 5.10. The minimum absolute atomic E-state index is 0.107. The Morgan fingerprint density at radius 1 is 0.875 bits per heavy atom. The summed E-state index contributed by atoms with van der Waals surface area (Å²) in [5.41, 5.74) is 0.867. The van der Waals surface area contributed by atoms with Gasteiger partial charge in [0.15, 0.2) is 0 Å². The lowest BCUT2D eigenvalue weighted by Gasteiger charge is -2.03. The normalized spacial score (nSPS) is 10.9. The number of ether oxygens (including phenoxy) is 1. The van der Waals surface area contributed by atoms with Crippen molar-refractivity contribution < 1.29 is 13.6 Å². The van der Waals surface area contributed by atoms with Crippen LogP contribution >= 0.6 is 0 Å². The van der Waals surface area contributed by atoms with Gasteiger partial charge in [-0.2, -0.15) is 0 Å². The molecule has 0 bridgehead atoms. The van der Waals surface area contributed by atoms with Gasteiger partial charge in [-0.25, -0.2) is 4.79 Å². The van der Waals surface area contributed by atoms with Gasteiger partial charge in [-0.05, 0) is 24.3 Å². The van der Waals surface area contributed by atoms with E-state index in [9.17, 15) is 4.79 Å². The van der Waals surface area contributed by atoms with Gasteiger partial charge in [0, 0.05) is 5.39 Å². The summed E-state index contributed by atoms with van der Waals surface area (Å²) in [4.78, 5) is 12.2. The molecule has 6 heteroatoms. The number of benzene rings is 2. The van der Waals surface area contributed by atoms with Gasteiger partial charge in [0.05, 0.1) is 12.7 Å². The third-order valence-electron chi connectivity index (χ3n) is 3.63. The number of aromatic nitrogens is 2. The SMILES string of the molecule is COc1ccccc1-c1nnc(-c2cc3ccccc3oc2=O)o1. The molecule has 2 aromatic carbocycles. The van der Waals surface area contributed by atoms with Gasteiger partial charge in [0.2, 0.25) is 0 Å². The van der Waals surface area contributed by atoms with Gasteiger partial charge < -0.3 is 13.6 Å². The molecule has 0 unspecified atom stereocenters. The first kappa shape index (κ1) is 14.2. The molecular formula is C18H12N2O4. The van der Waals surface area contributed by atoms with Crippen LogP contribution in [0.4, 0.5) is 0 Å². The summed E-state index contributed by atoms with van der Waals surface area (Å²) in [5.74, 6) is 0.990. The molecule has 2 aromatic heterocycles.